The predicted octanol–water partition coefficient (Wildman–Crippen LogP) is 5.04. The van der Waals surface area contributed by atoms with E-state index in [-0.39, 0.29) is 18.4 Å². The van der Waals surface area contributed by atoms with E-state index in [2.05, 4.69) is 67.2 Å². The molecule has 4 rings (SSSR count). The fraction of sp³-hybridized carbons (Fsp3) is 0.636. The highest BCUT2D eigenvalue weighted by Crippen LogP contribution is 2.26. The summed E-state index contributed by atoms with van der Waals surface area (Å²) in [5.74, 6) is 0.599. The fourth-order valence-corrected chi connectivity index (χ4v) is 6.14. The zero-order valence-corrected chi connectivity index (χ0v) is 27.9. The molecule has 2 aliphatic rings. The van der Waals surface area contributed by atoms with E-state index in [4.69, 9.17) is 19.3 Å². The average Bonchev–Trinajstić information content (AvgIpc) is 3.46. The van der Waals surface area contributed by atoms with Gasteiger partial charge in [0.05, 0.1) is 15.2 Å². The number of hydrogen-bond donors (Lipinski definition) is 3. The van der Waals surface area contributed by atoms with Crippen molar-refractivity contribution in [3.8, 4) is 0 Å². The number of nitrogens with one attached hydrogen (secondary N) is 1. The molecular weight excluding hydrogens is 562 g/mol. The number of amides is 2. The molecule has 244 valence electrons. The second kappa shape index (κ2) is 25.8. The van der Waals surface area contributed by atoms with E-state index in [0.29, 0.717) is 18.8 Å². The number of benzene rings is 1. The Balaban J connectivity index is 0.00000157. The molecule has 43 heavy (non-hydrogen) atoms. The summed E-state index contributed by atoms with van der Waals surface area (Å²) in [5, 5.41) is 4.43. The van der Waals surface area contributed by atoms with Crippen LogP contribution in [0.25, 0.3) is 10.2 Å². The van der Waals surface area contributed by atoms with Gasteiger partial charge in [0.2, 0.25) is 12.3 Å². The van der Waals surface area contributed by atoms with Gasteiger partial charge in [0.1, 0.15) is 6.79 Å². The van der Waals surface area contributed by atoms with Crippen LogP contribution in [-0.2, 0) is 32.0 Å². The van der Waals surface area contributed by atoms with Crippen LogP contribution in [0.15, 0.2) is 30.4 Å². The van der Waals surface area contributed by atoms with Crippen LogP contribution in [0.3, 0.4) is 0 Å². The first-order valence-corrected chi connectivity index (χ1v) is 16.4. The Hall–Kier alpha value is -2.66. The molecule has 5 N–H and O–H groups in total. The molecule has 3 heterocycles. The predicted molar refractivity (Wildman–Crippen MR) is 180 cm³/mol. The fourth-order valence-electron chi connectivity index (χ4n) is 5.11. The zero-order chi connectivity index (χ0) is 32.5. The lowest BCUT2D eigenvalue weighted by molar-refractivity contribution is -0.122. The van der Waals surface area contributed by atoms with E-state index in [1.54, 1.807) is 11.3 Å². The number of nitrogens with zero attached hydrogens (tertiary/aromatic N) is 2. The number of carbonyl (C=O) groups is 3. The van der Waals surface area contributed by atoms with E-state index in [0.717, 1.165) is 56.0 Å². The first kappa shape index (κ1) is 40.3. The molecule has 1 aromatic heterocycles. The molecule has 2 aromatic rings. The molecule has 2 aliphatic heterocycles. The lowest BCUT2D eigenvalue weighted by Gasteiger charge is -2.33. The monoisotopic (exact) mass is 619 g/mol. The Morgan fingerprint density at radius 1 is 1.16 bits per heavy atom. The summed E-state index contributed by atoms with van der Waals surface area (Å²) in [6.45, 7) is 17.7. The number of fused-ring (bicyclic) bond motifs is 1. The van der Waals surface area contributed by atoms with Gasteiger partial charge >= 0.3 is 0 Å². The lowest BCUT2D eigenvalue weighted by Crippen LogP contribution is -2.43. The number of piperidine rings is 1. The van der Waals surface area contributed by atoms with Crippen molar-refractivity contribution < 1.29 is 19.1 Å². The van der Waals surface area contributed by atoms with Crippen molar-refractivity contribution in [2.24, 2.45) is 17.4 Å². The summed E-state index contributed by atoms with van der Waals surface area (Å²) in [6, 6.07) is 6.63. The summed E-state index contributed by atoms with van der Waals surface area (Å²) in [4.78, 5) is 36.8. The van der Waals surface area contributed by atoms with Crippen LogP contribution in [0.4, 0.5) is 0 Å². The lowest BCUT2D eigenvalue weighted by atomic mass is 9.87. The first-order valence-electron chi connectivity index (χ1n) is 15.6. The summed E-state index contributed by atoms with van der Waals surface area (Å²) < 4.78 is 6.80. The molecule has 2 amide bonds. The Bertz CT molecular complexity index is 1020. The minimum Gasteiger partial charge on any atom is -0.381 e. The number of hydrogen-bond acceptors (Lipinski definition) is 8. The number of likely N-dealkylation sites (tertiary alicyclic amines) is 1. The van der Waals surface area contributed by atoms with Crippen LogP contribution in [0, 0.1) is 5.92 Å². The Morgan fingerprint density at radius 2 is 1.77 bits per heavy atom. The standard InChI is InChI=1S/C27H39N3O2S.C3H8.CH3NO.CH5N.CH2O/c1-3-21-7-8-23-25(18-21)33-27(29-23)10-9-26(31)28-24(22-11-15-32-16-12-22)17-20(2)19-30-13-5-4-6-14-30;1-3-2;2-1-3;2*1-2/h7-8,18,22,24H,2-6,9-17,19H2,1H3,(H,28,31);3H2,1-2H3;1H,(H2,2,3);2H2,1H3;1H2. The van der Waals surface area contributed by atoms with Crippen LogP contribution in [0.1, 0.15) is 82.7 Å². The maximum Gasteiger partial charge on any atom is 0.220 e. The third kappa shape index (κ3) is 16.7. The summed E-state index contributed by atoms with van der Waals surface area (Å²) in [7, 11) is 1.50. The largest absolute Gasteiger partial charge is 0.381 e. The van der Waals surface area contributed by atoms with Crippen molar-refractivity contribution in [3.63, 3.8) is 0 Å². The third-order valence-corrected chi connectivity index (χ3v) is 8.14. The van der Waals surface area contributed by atoms with Crippen LogP contribution >= 0.6 is 11.3 Å². The number of aromatic nitrogens is 1. The van der Waals surface area contributed by atoms with Crippen LogP contribution < -0.4 is 16.8 Å². The summed E-state index contributed by atoms with van der Waals surface area (Å²) >= 11 is 1.72. The van der Waals surface area contributed by atoms with Crippen molar-refractivity contribution >= 4 is 40.7 Å². The van der Waals surface area contributed by atoms with Gasteiger partial charge in [-0.2, -0.15) is 0 Å². The zero-order valence-electron chi connectivity index (χ0n) is 27.1. The van der Waals surface area contributed by atoms with Crippen molar-refractivity contribution in [1.82, 2.24) is 15.2 Å². The second-order valence-corrected chi connectivity index (χ2v) is 11.6. The number of ether oxygens (including phenoxy) is 1. The molecule has 0 radical (unpaired) electrons. The number of primary amides is 1. The van der Waals surface area contributed by atoms with E-state index in [1.807, 2.05) is 6.79 Å². The Kier molecular flexibility index (Phi) is 24.2. The molecular formula is C33H57N5O4S. The molecule has 0 aliphatic carbocycles. The van der Waals surface area contributed by atoms with Gasteiger partial charge < -0.3 is 26.3 Å². The van der Waals surface area contributed by atoms with Gasteiger partial charge in [-0.25, -0.2) is 4.98 Å². The molecule has 2 fully saturated rings. The van der Waals surface area contributed by atoms with E-state index in [1.165, 1.54) is 61.7 Å². The van der Waals surface area contributed by atoms with Crippen LogP contribution in [0.2, 0.25) is 0 Å². The van der Waals surface area contributed by atoms with Crippen molar-refractivity contribution in [1.29, 1.82) is 0 Å². The van der Waals surface area contributed by atoms with Crippen molar-refractivity contribution in [3.05, 3.63) is 40.9 Å². The Morgan fingerprint density at radius 3 is 2.35 bits per heavy atom. The van der Waals surface area contributed by atoms with E-state index >= 15 is 0 Å². The molecule has 0 spiro atoms. The molecule has 9 nitrogen and oxygen atoms in total. The second-order valence-electron chi connectivity index (χ2n) is 10.5. The maximum atomic E-state index is 13.0. The quantitative estimate of drug-likeness (QED) is 0.250. The normalized spacial score (nSPS) is 15.5. The topological polar surface area (TPSA) is 141 Å². The van der Waals surface area contributed by atoms with Crippen molar-refractivity contribution in [2.45, 2.75) is 91.0 Å². The number of carbonyl (C=O) groups excluding carboxylic acids is 3. The maximum absolute atomic E-state index is 13.0. The van der Waals surface area contributed by atoms with Crippen molar-refractivity contribution in [2.75, 3.05) is 39.9 Å². The molecule has 1 atom stereocenters. The van der Waals surface area contributed by atoms with Gasteiger partial charge in [0.15, 0.2) is 0 Å². The van der Waals surface area contributed by atoms with Gasteiger partial charge in [-0.1, -0.05) is 51.8 Å². The summed E-state index contributed by atoms with van der Waals surface area (Å²) in [6.07, 6.45) is 10.5. The minimum atomic E-state index is 0.130. The molecule has 2 saturated heterocycles. The van der Waals surface area contributed by atoms with Crippen LogP contribution in [0.5, 0.6) is 0 Å². The highest BCUT2D eigenvalue weighted by molar-refractivity contribution is 7.18. The Labute approximate surface area is 263 Å². The SMILES string of the molecule is C=C(CC(NC(=O)CCc1nc2ccc(CC)cc2s1)C1CCOCC1)CN1CCCCC1.C=O.CCC.CN.NC=O. The number of thiazole rings is 1. The number of nitrogens with two attached hydrogens (primary N) is 2. The molecule has 1 unspecified atom stereocenters. The first-order chi connectivity index (χ1) is 20.9. The highest BCUT2D eigenvalue weighted by atomic mass is 32.1. The number of aryl methyl sites for hydroxylation is 2. The average molecular weight is 620 g/mol. The number of rotatable bonds is 10. The molecule has 0 saturated carbocycles. The smallest absolute Gasteiger partial charge is 0.220 e. The van der Waals surface area contributed by atoms with Crippen LogP contribution in [-0.4, -0.2) is 74.9 Å². The molecule has 1 aromatic carbocycles. The van der Waals surface area contributed by atoms with Gasteiger partial charge in [-0.15, -0.1) is 11.3 Å². The summed E-state index contributed by atoms with van der Waals surface area (Å²) in [5.41, 5.74) is 12.3. The molecule has 0 bridgehead atoms. The highest BCUT2D eigenvalue weighted by Gasteiger charge is 2.26. The minimum absolute atomic E-state index is 0.130. The third-order valence-electron chi connectivity index (χ3n) is 7.06. The van der Waals surface area contributed by atoms with Gasteiger partial charge in [-0.05, 0) is 82.3 Å². The van der Waals surface area contributed by atoms with E-state index in [9.17, 15) is 4.79 Å². The molecule has 10 heteroatoms. The van der Waals surface area contributed by atoms with Gasteiger partial charge in [0.25, 0.3) is 0 Å². The van der Waals surface area contributed by atoms with E-state index < -0.39 is 0 Å². The van der Waals surface area contributed by atoms with Gasteiger partial charge in [-0.3, -0.25) is 14.5 Å². The van der Waals surface area contributed by atoms with Gasteiger partial charge in [0, 0.05) is 38.6 Å².